The summed E-state index contributed by atoms with van der Waals surface area (Å²) in [5, 5.41) is 14.3. The second-order valence-electron chi connectivity index (χ2n) is 5.40. The van der Waals surface area contributed by atoms with Crippen LogP contribution in [0.2, 0.25) is 0 Å². The van der Waals surface area contributed by atoms with Gasteiger partial charge >= 0.3 is 12.0 Å². The van der Waals surface area contributed by atoms with Crippen molar-refractivity contribution in [1.82, 2.24) is 15.5 Å². The molecule has 1 aliphatic heterocycles. The molecule has 2 amide bonds. The van der Waals surface area contributed by atoms with Crippen molar-refractivity contribution in [2.24, 2.45) is 5.92 Å². The number of piperidine rings is 1. The maximum absolute atomic E-state index is 11.7. The SMILES string of the molecule is CCN1CCC(CNC(=O)NC(CCOC)C(=O)O)CC1. The lowest BCUT2D eigenvalue weighted by Crippen LogP contribution is -2.48. The molecule has 122 valence electrons. The van der Waals surface area contributed by atoms with E-state index >= 15 is 0 Å². The maximum atomic E-state index is 11.7. The number of ether oxygens (including phenoxy) is 1. The summed E-state index contributed by atoms with van der Waals surface area (Å²) in [7, 11) is 1.50. The molecule has 1 atom stereocenters. The number of nitrogens with zero attached hydrogens (tertiary/aromatic N) is 1. The summed E-state index contributed by atoms with van der Waals surface area (Å²) in [5.74, 6) is -0.570. The molecule has 0 bridgehead atoms. The van der Waals surface area contributed by atoms with Crippen molar-refractivity contribution in [1.29, 1.82) is 0 Å². The Hall–Kier alpha value is -1.34. The van der Waals surface area contributed by atoms with Crippen LogP contribution < -0.4 is 10.6 Å². The second kappa shape index (κ2) is 9.57. The van der Waals surface area contributed by atoms with Crippen LogP contribution >= 0.6 is 0 Å². The summed E-state index contributed by atoms with van der Waals surface area (Å²) in [6.07, 6.45) is 2.40. The van der Waals surface area contributed by atoms with Crippen LogP contribution in [-0.4, -0.2) is 67.9 Å². The van der Waals surface area contributed by atoms with Crippen molar-refractivity contribution in [3.05, 3.63) is 0 Å². The first-order valence-electron chi connectivity index (χ1n) is 7.55. The van der Waals surface area contributed by atoms with Crippen molar-refractivity contribution in [3.8, 4) is 0 Å². The molecule has 0 aromatic heterocycles. The minimum Gasteiger partial charge on any atom is -0.480 e. The Bertz CT molecular complexity index is 330. The minimum absolute atomic E-state index is 0.258. The van der Waals surface area contributed by atoms with Crippen molar-refractivity contribution in [2.45, 2.75) is 32.2 Å². The summed E-state index contributed by atoms with van der Waals surface area (Å²) < 4.78 is 4.84. The summed E-state index contributed by atoms with van der Waals surface area (Å²) in [5.41, 5.74) is 0. The lowest BCUT2D eigenvalue weighted by molar-refractivity contribution is -0.139. The Balaban J connectivity index is 2.25. The van der Waals surface area contributed by atoms with Gasteiger partial charge in [-0.05, 0) is 38.4 Å². The number of hydrogen-bond acceptors (Lipinski definition) is 4. The van der Waals surface area contributed by atoms with Gasteiger partial charge in [-0.2, -0.15) is 0 Å². The highest BCUT2D eigenvalue weighted by Gasteiger charge is 2.21. The van der Waals surface area contributed by atoms with Crippen molar-refractivity contribution >= 4 is 12.0 Å². The number of carboxylic acid groups (broad SMARTS) is 1. The number of amides is 2. The predicted molar refractivity (Wildman–Crippen MR) is 79.3 cm³/mol. The predicted octanol–water partition coefficient (Wildman–Crippen LogP) is 0.507. The van der Waals surface area contributed by atoms with E-state index < -0.39 is 18.0 Å². The average Bonchev–Trinajstić information content (AvgIpc) is 2.49. The van der Waals surface area contributed by atoms with E-state index in [1.807, 2.05) is 0 Å². The Kier molecular flexibility index (Phi) is 8.07. The average molecular weight is 301 g/mol. The smallest absolute Gasteiger partial charge is 0.326 e. The highest BCUT2D eigenvalue weighted by atomic mass is 16.5. The number of aliphatic carboxylic acids is 1. The Morgan fingerprint density at radius 3 is 2.57 bits per heavy atom. The summed E-state index contributed by atoms with van der Waals surface area (Å²) in [6.45, 7) is 6.25. The molecule has 7 nitrogen and oxygen atoms in total. The third-order valence-corrected chi connectivity index (χ3v) is 3.92. The molecule has 0 saturated carbocycles. The van der Waals surface area contributed by atoms with E-state index in [-0.39, 0.29) is 6.42 Å². The molecule has 1 aliphatic rings. The molecule has 1 saturated heterocycles. The third kappa shape index (κ3) is 6.77. The van der Waals surface area contributed by atoms with E-state index in [1.165, 1.54) is 7.11 Å². The highest BCUT2D eigenvalue weighted by Crippen LogP contribution is 2.15. The molecule has 0 aromatic carbocycles. The van der Waals surface area contributed by atoms with E-state index in [4.69, 9.17) is 9.84 Å². The number of carbonyl (C=O) groups excluding carboxylic acids is 1. The van der Waals surface area contributed by atoms with Crippen LogP contribution in [0, 0.1) is 5.92 Å². The van der Waals surface area contributed by atoms with Crippen molar-refractivity contribution in [2.75, 3.05) is 39.9 Å². The Morgan fingerprint density at radius 1 is 1.38 bits per heavy atom. The molecule has 0 aliphatic carbocycles. The molecule has 21 heavy (non-hydrogen) atoms. The second-order valence-corrected chi connectivity index (χ2v) is 5.40. The van der Waals surface area contributed by atoms with Gasteiger partial charge in [-0.1, -0.05) is 6.92 Å². The van der Waals surface area contributed by atoms with Gasteiger partial charge < -0.3 is 25.4 Å². The summed E-state index contributed by atoms with van der Waals surface area (Å²) in [4.78, 5) is 25.2. The van der Waals surface area contributed by atoms with Crippen LogP contribution in [-0.2, 0) is 9.53 Å². The number of likely N-dealkylation sites (tertiary alicyclic amines) is 1. The zero-order valence-corrected chi connectivity index (χ0v) is 12.9. The minimum atomic E-state index is -1.04. The van der Waals surface area contributed by atoms with Crippen LogP contribution in [0.25, 0.3) is 0 Å². The van der Waals surface area contributed by atoms with Gasteiger partial charge in [-0.3, -0.25) is 0 Å². The Labute approximate surface area is 126 Å². The summed E-state index contributed by atoms with van der Waals surface area (Å²) in [6, 6.07) is -1.33. The number of rotatable bonds is 8. The van der Waals surface area contributed by atoms with Crippen LogP contribution in [0.4, 0.5) is 4.79 Å². The van der Waals surface area contributed by atoms with E-state index in [9.17, 15) is 9.59 Å². The fraction of sp³-hybridized carbons (Fsp3) is 0.857. The third-order valence-electron chi connectivity index (χ3n) is 3.92. The largest absolute Gasteiger partial charge is 0.480 e. The molecule has 0 aromatic rings. The number of carbonyl (C=O) groups is 2. The number of hydrogen-bond donors (Lipinski definition) is 3. The van der Waals surface area contributed by atoms with E-state index in [2.05, 4.69) is 22.5 Å². The topological polar surface area (TPSA) is 90.9 Å². The van der Waals surface area contributed by atoms with Gasteiger partial charge in [-0.25, -0.2) is 9.59 Å². The molecule has 1 fully saturated rings. The van der Waals surface area contributed by atoms with Crippen LogP contribution in [0.1, 0.15) is 26.2 Å². The van der Waals surface area contributed by atoms with Gasteiger partial charge in [0, 0.05) is 26.7 Å². The van der Waals surface area contributed by atoms with Gasteiger partial charge in [0.2, 0.25) is 0 Å². The van der Waals surface area contributed by atoms with E-state index in [1.54, 1.807) is 0 Å². The van der Waals surface area contributed by atoms with Crippen molar-refractivity contribution in [3.63, 3.8) is 0 Å². The first-order chi connectivity index (χ1) is 10.1. The van der Waals surface area contributed by atoms with Gasteiger partial charge in [0.15, 0.2) is 0 Å². The summed E-state index contributed by atoms with van der Waals surface area (Å²) >= 11 is 0. The maximum Gasteiger partial charge on any atom is 0.326 e. The lowest BCUT2D eigenvalue weighted by atomic mass is 9.97. The van der Waals surface area contributed by atoms with Crippen molar-refractivity contribution < 1.29 is 19.4 Å². The number of nitrogens with one attached hydrogen (secondary N) is 2. The standard InChI is InChI=1S/C14H27N3O4/c1-3-17-7-4-11(5-8-17)10-15-14(20)16-12(13(18)19)6-9-21-2/h11-12H,3-10H2,1-2H3,(H,18,19)(H2,15,16,20). The number of carboxylic acids is 1. The molecule has 1 rings (SSSR count). The normalized spacial score (nSPS) is 18.2. The van der Waals surface area contributed by atoms with E-state index in [0.29, 0.717) is 19.1 Å². The fourth-order valence-electron chi connectivity index (χ4n) is 2.45. The highest BCUT2D eigenvalue weighted by molar-refractivity contribution is 5.82. The van der Waals surface area contributed by atoms with Crippen LogP contribution in [0.3, 0.4) is 0 Å². The molecule has 0 radical (unpaired) electrons. The van der Waals surface area contributed by atoms with Gasteiger partial charge in [0.25, 0.3) is 0 Å². The first-order valence-corrected chi connectivity index (χ1v) is 7.55. The molecule has 1 heterocycles. The number of methoxy groups -OCH3 is 1. The van der Waals surface area contributed by atoms with E-state index in [0.717, 1.165) is 32.5 Å². The zero-order valence-electron chi connectivity index (χ0n) is 12.9. The van der Waals surface area contributed by atoms with Crippen LogP contribution in [0.15, 0.2) is 0 Å². The fourth-order valence-corrected chi connectivity index (χ4v) is 2.45. The van der Waals surface area contributed by atoms with Gasteiger partial charge in [-0.15, -0.1) is 0 Å². The molecular formula is C14H27N3O4. The molecule has 3 N–H and O–H groups in total. The Morgan fingerprint density at radius 2 is 2.05 bits per heavy atom. The van der Waals surface area contributed by atoms with Gasteiger partial charge in [0.05, 0.1) is 0 Å². The molecule has 1 unspecified atom stereocenters. The molecular weight excluding hydrogens is 274 g/mol. The quantitative estimate of drug-likeness (QED) is 0.607. The zero-order chi connectivity index (χ0) is 15.7. The monoisotopic (exact) mass is 301 g/mol. The van der Waals surface area contributed by atoms with Gasteiger partial charge in [0.1, 0.15) is 6.04 Å². The number of urea groups is 1. The lowest BCUT2D eigenvalue weighted by Gasteiger charge is -2.31. The van der Waals surface area contributed by atoms with Crippen LogP contribution in [0.5, 0.6) is 0 Å². The first kappa shape index (κ1) is 17.7. The molecule has 0 spiro atoms. The molecule has 7 heteroatoms.